The SMILES string of the molecule is NCC(=O)N1CC[C@@](O)(COc2cccc(F)c2)C1. The van der Waals surface area contributed by atoms with Crippen LogP contribution in [0, 0.1) is 5.82 Å². The van der Waals surface area contributed by atoms with Crippen LogP contribution in [0.3, 0.4) is 0 Å². The van der Waals surface area contributed by atoms with Gasteiger partial charge in [0.15, 0.2) is 0 Å². The first-order chi connectivity index (χ1) is 9.02. The number of likely N-dealkylation sites (tertiary alicyclic amines) is 1. The van der Waals surface area contributed by atoms with Crippen molar-refractivity contribution in [3.8, 4) is 5.75 Å². The minimum atomic E-state index is -1.10. The third kappa shape index (κ3) is 3.42. The molecule has 0 radical (unpaired) electrons. The van der Waals surface area contributed by atoms with Crippen LogP contribution in [0.25, 0.3) is 0 Å². The molecular weight excluding hydrogens is 251 g/mol. The molecule has 1 atom stereocenters. The molecular formula is C13H17FN2O3. The molecule has 0 unspecified atom stereocenters. The number of carbonyl (C=O) groups excluding carboxylic acids is 1. The molecule has 1 aromatic carbocycles. The van der Waals surface area contributed by atoms with E-state index in [0.29, 0.717) is 18.7 Å². The minimum absolute atomic E-state index is 0.0187. The van der Waals surface area contributed by atoms with Crippen LogP contribution in [0.1, 0.15) is 6.42 Å². The number of hydrogen-bond acceptors (Lipinski definition) is 4. The smallest absolute Gasteiger partial charge is 0.236 e. The fourth-order valence-electron chi connectivity index (χ4n) is 2.09. The van der Waals surface area contributed by atoms with E-state index < -0.39 is 11.4 Å². The fourth-order valence-corrected chi connectivity index (χ4v) is 2.09. The summed E-state index contributed by atoms with van der Waals surface area (Å²) in [6.07, 6.45) is 0.425. The third-order valence-electron chi connectivity index (χ3n) is 3.16. The Morgan fingerprint density at radius 2 is 2.37 bits per heavy atom. The molecule has 1 fully saturated rings. The van der Waals surface area contributed by atoms with Crippen molar-refractivity contribution in [2.45, 2.75) is 12.0 Å². The zero-order valence-corrected chi connectivity index (χ0v) is 10.5. The molecule has 1 aliphatic heterocycles. The van der Waals surface area contributed by atoms with Gasteiger partial charge in [-0.3, -0.25) is 4.79 Å². The van der Waals surface area contributed by atoms with Crippen LogP contribution in [-0.2, 0) is 4.79 Å². The van der Waals surface area contributed by atoms with Gasteiger partial charge in [-0.05, 0) is 18.6 Å². The monoisotopic (exact) mass is 268 g/mol. The summed E-state index contributed by atoms with van der Waals surface area (Å²) in [4.78, 5) is 12.9. The second-order valence-corrected chi connectivity index (χ2v) is 4.74. The minimum Gasteiger partial charge on any atom is -0.490 e. The van der Waals surface area contributed by atoms with Gasteiger partial charge in [-0.2, -0.15) is 0 Å². The number of halogens is 1. The number of hydrogen-bond donors (Lipinski definition) is 2. The van der Waals surface area contributed by atoms with Gasteiger partial charge in [0.25, 0.3) is 0 Å². The van der Waals surface area contributed by atoms with Crippen molar-refractivity contribution in [2.75, 3.05) is 26.2 Å². The van der Waals surface area contributed by atoms with Gasteiger partial charge in [-0.25, -0.2) is 4.39 Å². The Hall–Kier alpha value is -1.66. The first-order valence-electron chi connectivity index (χ1n) is 6.11. The quantitative estimate of drug-likeness (QED) is 0.813. The number of nitrogens with two attached hydrogens (primary N) is 1. The first-order valence-corrected chi connectivity index (χ1v) is 6.11. The third-order valence-corrected chi connectivity index (χ3v) is 3.16. The van der Waals surface area contributed by atoms with Gasteiger partial charge in [-0.1, -0.05) is 6.07 Å². The summed E-state index contributed by atoms with van der Waals surface area (Å²) in [6, 6.07) is 5.72. The Morgan fingerprint density at radius 1 is 1.58 bits per heavy atom. The summed E-state index contributed by atoms with van der Waals surface area (Å²) in [5, 5.41) is 10.3. The number of β-amino-alcohol motifs (C(OH)–C–C–N with tert-alkyl or cyclic N) is 1. The van der Waals surface area contributed by atoms with Crippen LogP contribution >= 0.6 is 0 Å². The summed E-state index contributed by atoms with van der Waals surface area (Å²) in [6.45, 7) is 0.600. The highest BCUT2D eigenvalue weighted by Gasteiger charge is 2.38. The summed E-state index contributed by atoms with van der Waals surface area (Å²) in [5.74, 6) is -0.227. The van der Waals surface area contributed by atoms with E-state index in [-0.39, 0.29) is 25.6 Å². The molecule has 19 heavy (non-hydrogen) atoms. The number of benzene rings is 1. The molecule has 2 rings (SSSR count). The molecule has 1 saturated heterocycles. The van der Waals surface area contributed by atoms with Crippen molar-refractivity contribution >= 4 is 5.91 Å². The normalized spacial score (nSPS) is 22.6. The van der Waals surface area contributed by atoms with Crippen LogP contribution in [0.2, 0.25) is 0 Å². The van der Waals surface area contributed by atoms with E-state index in [0.717, 1.165) is 0 Å². The molecule has 104 valence electrons. The van der Waals surface area contributed by atoms with Crippen LogP contribution in [0.4, 0.5) is 4.39 Å². The average Bonchev–Trinajstić information content (AvgIpc) is 2.79. The van der Waals surface area contributed by atoms with Crippen LogP contribution < -0.4 is 10.5 Å². The second kappa shape index (κ2) is 5.54. The predicted octanol–water partition coefficient (Wildman–Crippen LogP) is 0.127. The van der Waals surface area contributed by atoms with Gasteiger partial charge in [0.05, 0.1) is 13.1 Å². The van der Waals surface area contributed by atoms with E-state index in [2.05, 4.69) is 0 Å². The van der Waals surface area contributed by atoms with Gasteiger partial charge in [-0.15, -0.1) is 0 Å². The summed E-state index contributed by atoms with van der Waals surface area (Å²) in [7, 11) is 0. The predicted molar refractivity (Wildman–Crippen MR) is 67.1 cm³/mol. The lowest BCUT2D eigenvalue weighted by molar-refractivity contribution is -0.129. The highest BCUT2D eigenvalue weighted by Crippen LogP contribution is 2.23. The summed E-state index contributed by atoms with van der Waals surface area (Å²) in [5.41, 5.74) is 4.18. The zero-order chi connectivity index (χ0) is 13.9. The van der Waals surface area contributed by atoms with Crippen molar-refractivity contribution in [2.24, 2.45) is 5.73 Å². The number of nitrogens with zero attached hydrogens (tertiary/aromatic N) is 1. The number of aliphatic hydroxyl groups is 1. The molecule has 6 heteroatoms. The molecule has 0 bridgehead atoms. The van der Waals surface area contributed by atoms with E-state index in [9.17, 15) is 14.3 Å². The Labute approximate surface area is 110 Å². The van der Waals surface area contributed by atoms with E-state index >= 15 is 0 Å². The molecule has 5 nitrogen and oxygen atoms in total. The van der Waals surface area contributed by atoms with Crippen molar-refractivity contribution in [1.82, 2.24) is 4.90 Å². The molecule has 1 aliphatic rings. The zero-order valence-electron chi connectivity index (χ0n) is 10.5. The van der Waals surface area contributed by atoms with Crippen LogP contribution in [-0.4, -0.2) is 47.8 Å². The lowest BCUT2D eigenvalue weighted by Gasteiger charge is -2.23. The van der Waals surface area contributed by atoms with Crippen LogP contribution in [0.15, 0.2) is 24.3 Å². The van der Waals surface area contributed by atoms with Crippen molar-refractivity contribution in [3.05, 3.63) is 30.1 Å². The summed E-state index contributed by atoms with van der Waals surface area (Å²) >= 11 is 0. The van der Waals surface area contributed by atoms with Gasteiger partial charge >= 0.3 is 0 Å². The molecule has 0 aromatic heterocycles. The standard InChI is InChI=1S/C13H17FN2O3/c14-10-2-1-3-11(6-10)19-9-13(18)4-5-16(8-13)12(17)7-15/h1-3,6,18H,4-5,7-9,15H2/t13-/m0/s1. The highest BCUT2D eigenvalue weighted by atomic mass is 19.1. The first kappa shape index (κ1) is 13.8. The molecule has 1 amide bonds. The van der Waals surface area contributed by atoms with E-state index in [1.54, 1.807) is 6.07 Å². The molecule has 0 aliphatic carbocycles. The maximum atomic E-state index is 13.0. The average molecular weight is 268 g/mol. The molecule has 0 saturated carbocycles. The van der Waals surface area contributed by atoms with Gasteiger partial charge in [0, 0.05) is 12.6 Å². The second-order valence-electron chi connectivity index (χ2n) is 4.74. The van der Waals surface area contributed by atoms with E-state index in [1.165, 1.54) is 23.1 Å². The number of ether oxygens (including phenoxy) is 1. The van der Waals surface area contributed by atoms with Gasteiger partial charge in [0.1, 0.15) is 23.8 Å². The maximum Gasteiger partial charge on any atom is 0.236 e. The van der Waals surface area contributed by atoms with E-state index in [1.807, 2.05) is 0 Å². The number of amides is 1. The molecule has 1 aromatic rings. The maximum absolute atomic E-state index is 13.0. The Bertz CT molecular complexity index is 469. The Balaban J connectivity index is 1.91. The lowest BCUT2D eigenvalue weighted by atomic mass is 10.1. The van der Waals surface area contributed by atoms with Crippen LogP contribution in [0.5, 0.6) is 5.75 Å². The highest BCUT2D eigenvalue weighted by molar-refractivity contribution is 5.78. The van der Waals surface area contributed by atoms with E-state index in [4.69, 9.17) is 10.5 Å². The Kier molecular flexibility index (Phi) is 4.01. The topological polar surface area (TPSA) is 75.8 Å². The van der Waals surface area contributed by atoms with Gasteiger partial charge < -0.3 is 20.5 Å². The molecule has 1 heterocycles. The number of carbonyl (C=O) groups is 1. The van der Waals surface area contributed by atoms with Gasteiger partial charge in [0.2, 0.25) is 5.91 Å². The molecule has 3 N–H and O–H groups in total. The fraction of sp³-hybridized carbons (Fsp3) is 0.462. The lowest BCUT2D eigenvalue weighted by Crippen LogP contribution is -2.42. The molecule has 0 spiro atoms. The number of rotatable bonds is 4. The van der Waals surface area contributed by atoms with Crippen molar-refractivity contribution in [1.29, 1.82) is 0 Å². The largest absolute Gasteiger partial charge is 0.490 e. The Morgan fingerprint density at radius 3 is 3.05 bits per heavy atom. The summed E-state index contributed by atoms with van der Waals surface area (Å²) < 4.78 is 18.3. The van der Waals surface area contributed by atoms with Crippen molar-refractivity contribution < 1.29 is 19.0 Å². The van der Waals surface area contributed by atoms with Crippen molar-refractivity contribution in [3.63, 3.8) is 0 Å².